The third kappa shape index (κ3) is 6.54. The number of nitrogens with zero attached hydrogens (tertiary/aromatic N) is 4. The summed E-state index contributed by atoms with van der Waals surface area (Å²) in [5.74, 6) is -0.560. The predicted molar refractivity (Wildman–Crippen MR) is 116 cm³/mol. The first-order chi connectivity index (χ1) is 16.4. The van der Waals surface area contributed by atoms with Gasteiger partial charge in [-0.2, -0.15) is 31.4 Å². The van der Waals surface area contributed by atoms with Crippen LogP contribution in [0.5, 0.6) is 0 Å². The number of thioether (sulfide) groups is 1. The van der Waals surface area contributed by atoms with Gasteiger partial charge in [-0.05, 0) is 24.5 Å². The Balaban J connectivity index is 1.77. The van der Waals surface area contributed by atoms with Gasteiger partial charge in [0, 0.05) is 25.8 Å². The van der Waals surface area contributed by atoms with E-state index in [1.165, 1.54) is 22.6 Å². The van der Waals surface area contributed by atoms with Crippen molar-refractivity contribution in [2.45, 2.75) is 24.1 Å². The number of anilines is 1. The van der Waals surface area contributed by atoms with Gasteiger partial charge >= 0.3 is 12.4 Å². The van der Waals surface area contributed by atoms with E-state index in [1.54, 1.807) is 13.4 Å². The van der Waals surface area contributed by atoms with Crippen LogP contribution in [-0.4, -0.2) is 58.7 Å². The lowest BCUT2D eigenvalue weighted by atomic mass is 10.0. The Morgan fingerprint density at radius 2 is 1.71 bits per heavy atom. The lowest BCUT2D eigenvalue weighted by Crippen LogP contribution is -2.28. The highest BCUT2D eigenvalue weighted by atomic mass is 32.2. The van der Waals surface area contributed by atoms with E-state index in [2.05, 4.69) is 25.7 Å². The molecule has 2 heterocycles. The van der Waals surface area contributed by atoms with E-state index in [1.807, 2.05) is 0 Å². The number of aromatic nitrogens is 4. The molecule has 2 aromatic heterocycles. The SMILES string of the molecule is COCCNc1nc(SC)nc2c1cnn2CCNC(=O)c1cc(C(F)(F)F)cc(C(F)(F)F)c1. The Kier molecular flexibility index (Phi) is 8.10. The maximum Gasteiger partial charge on any atom is 0.416 e. The highest BCUT2D eigenvalue weighted by Crippen LogP contribution is 2.36. The van der Waals surface area contributed by atoms with Crippen molar-refractivity contribution < 1.29 is 35.9 Å². The van der Waals surface area contributed by atoms with Crippen LogP contribution in [0.1, 0.15) is 21.5 Å². The normalized spacial score (nSPS) is 12.2. The van der Waals surface area contributed by atoms with Crippen molar-refractivity contribution >= 4 is 34.5 Å². The van der Waals surface area contributed by atoms with Crippen molar-refractivity contribution in [2.75, 3.05) is 38.4 Å². The van der Waals surface area contributed by atoms with E-state index >= 15 is 0 Å². The number of carbonyl (C=O) groups is 1. The predicted octanol–water partition coefficient (Wildman–Crippen LogP) is 4.07. The van der Waals surface area contributed by atoms with Crippen LogP contribution in [-0.2, 0) is 23.6 Å². The Morgan fingerprint density at radius 3 is 2.29 bits per heavy atom. The average molecular weight is 522 g/mol. The fourth-order valence-corrected chi connectivity index (χ4v) is 3.42. The number of methoxy groups -OCH3 is 1. The van der Waals surface area contributed by atoms with Gasteiger partial charge in [0.05, 0.1) is 35.9 Å². The number of nitrogens with one attached hydrogen (secondary N) is 2. The fraction of sp³-hybridized carbons (Fsp3) is 0.400. The van der Waals surface area contributed by atoms with Gasteiger partial charge in [0.15, 0.2) is 10.8 Å². The third-order valence-electron chi connectivity index (χ3n) is 4.72. The summed E-state index contributed by atoms with van der Waals surface area (Å²) in [6.45, 7) is 0.849. The molecule has 2 N–H and O–H groups in total. The minimum Gasteiger partial charge on any atom is -0.383 e. The van der Waals surface area contributed by atoms with Gasteiger partial charge in [-0.1, -0.05) is 11.8 Å². The van der Waals surface area contributed by atoms with Crippen LogP contribution in [0.2, 0.25) is 0 Å². The molecule has 0 aliphatic rings. The van der Waals surface area contributed by atoms with Gasteiger partial charge in [-0.3, -0.25) is 4.79 Å². The van der Waals surface area contributed by atoms with Gasteiger partial charge in [0.1, 0.15) is 5.82 Å². The monoisotopic (exact) mass is 522 g/mol. The lowest BCUT2D eigenvalue weighted by molar-refractivity contribution is -0.143. The minimum atomic E-state index is -5.05. The van der Waals surface area contributed by atoms with E-state index in [0.29, 0.717) is 47.3 Å². The largest absolute Gasteiger partial charge is 0.416 e. The van der Waals surface area contributed by atoms with E-state index in [0.717, 1.165) is 0 Å². The summed E-state index contributed by atoms with van der Waals surface area (Å²) in [6, 6.07) is 0.724. The zero-order valence-electron chi connectivity index (χ0n) is 18.4. The van der Waals surface area contributed by atoms with E-state index in [-0.39, 0.29) is 19.2 Å². The summed E-state index contributed by atoms with van der Waals surface area (Å²) in [5.41, 5.74) is -3.44. The second kappa shape index (κ2) is 10.7. The highest BCUT2D eigenvalue weighted by Gasteiger charge is 2.37. The average Bonchev–Trinajstić information content (AvgIpc) is 3.20. The molecule has 3 aromatic rings. The summed E-state index contributed by atoms with van der Waals surface area (Å²) in [5, 5.41) is 10.7. The molecular weight excluding hydrogens is 502 g/mol. The van der Waals surface area contributed by atoms with Gasteiger partial charge in [-0.25, -0.2) is 14.6 Å². The molecule has 190 valence electrons. The Labute approximate surface area is 199 Å². The number of halogens is 6. The molecule has 3 rings (SSSR count). The van der Waals surface area contributed by atoms with E-state index < -0.39 is 35.0 Å². The molecule has 15 heteroatoms. The maximum absolute atomic E-state index is 13.0. The fourth-order valence-electron chi connectivity index (χ4n) is 3.06. The number of alkyl halides is 6. The molecule has 0 atom stereocenters. The summed E-state index contributed by atoms with van der Waals surface area (Å²) in [6.07, 6.45) is -6.80. The number of rotatable bonds is 9. The number of hydrogen-bond acceptors (Lipinski definition) is 7. The van der Waals surface area contributed by atoms with Gasteiger partial charge < -0.3 is 15.4 Å². The van der Waals surface area contributed by atoms with Crippen molar-refractivity contribution in [3.8, 4) is 0 Å². The number of ether oxygens (including phenoxy) is 1. The number of amides is 1. The van der Waals surface area contributed by atoms with Crippen LogP contribution >= 0.6 is 11.8 Å². The molecule has 0 radical (unpaired) electrons. The van der Waals surface area contributed by atoms with Crippen LogP contribution in [0, 0.1) is 0 Å². The van der Waals surface area contributed by atoms with Crippen molar-refractivity contribution in [2.24, 2.45) is 0 Å². The Morgan fingerprint density at radius 1 is 1.06 bits per heavy atom. The molecule has 8 nitrogen and oxygen atoms in total. The smallest absolute Gasteiger partial charge is 0.383 e. The molecule has 0 bridgehead atoms. The number of hydrogen-bond donors (Lipinski definition) is 2. The molecule has 35 heavy (non-hydrogen) atoms. The molecule has 1 amide bonds. The highest BCUT2D eigenvalue weighted by molar-refractivity contribution is 7.98. The summed E-state index contributed by atoms with van der Waals surface area (Å²) < 4.78 is 84.7. The first kappa shape index (κ1) is 26.5. The minimum absolute atomic E-state index is 0.0338. The van der Waals surface area contributed by atoms with Crippen LogP contribution in [0.25, 0.3) is 11.0 Å². The standard InChI is InChI=1S/C20H20F6N6O2S/c1-34-6-4-27-15-14-10-29-32(16(14)31-18(30-15)35-2)5-3-28-17(33)11-7-12(19(21,22)23)9-13(8-11)20(24,25)26/h7-10H,3-6H2,1-2H3,(H,28,33)(H,27,30,31). The van der Waals surface area contributed by atoms with Crippen LogP contribution in [0.4, 0.5) is 32.2 Å². The van der Waals surface area contributed by atoms with Gasteiger partial charge in [0.2, 0.25) is 0 Å². The van der Waals surface area contributed by atoms with E-state index in [4.69, 9.17) is 4.74 Å². The summed E-state index contributed by atoms with van der Waals surface area (Å²) in [4.78, 5) is 21.2. The van der Waals surface area contributed by atoms with Crippen LogP contribution in [0.3, 0.4) is 0 Å². The van der Waals surface area contributed by atoms with Crippen LogP contribution in [0.15, 0.2) is 29.6 Å². The molecule has 1 aromatic carbocycles. The molecule has 0 saturated carbocycles. The molecule has 0 unspecified atom stereocenters. The lowest BCUT2D eigenvalue weighted by Gasteiger charge is -2.14. The topological polar surface area (TPSA) is 94.0 Å². The number of fused-ring (bicyclic) bond motifs is 1. The van der Waals surface area contributed by atoms with E-state index in [9.17, 15) is 31.1 Å². The zero-order valence-corrected chi connectivity index (χ0v) is 19.2. The van der Waals surface area contributed by atoms with Crippen molar-refractivity contribution in [1.82, 2.24) is 25.1 Å². The third-order valence-corrected chi connectivity index (χ3v) is 5.26. The maximum atomic E-state index is 13.0. The quantitative estimate of drug-likeness (QED) is 0.189. The first-order valence-corrected chi connectivity index (χ1v) is 11.2. The van der Waals surface area contributed by atoms with Crippen molar-refractivity contribution in [3.05, 3.63) is 41.1 Å². The molecular formula is C20H20F6N6O2S. The first-order valence-electron chi connectivity index (χ1n) is 10.0. The number of carbonyl (C=O) groups excluding carboxylic acids is 1. The Bertz CT molecular complexity index is 1170. The number of benzene rings is 1. The molecule has 0 spiro atoms. The molecule has 0 aliphatic carbocycles. The Hall–Kier alpha value is -3.07. The van der Waals surface area contributed by atoms with Gasteiger partial charge in [0.25, 0.3) is 5.91 Å². The molecule has 0 fully saturated rings. The zero-order chi connectivity index (χ0) is 25.8. The second-order valence-corrected chi connectivity index (χ2v) is 7.91. The summed E-state index contributed by atoms with van der Waals surface area (Å²) >= 11 is 1.29. The second-order valence-electron chi connectivity index (χ2n) is 7.13. The van der Waals surface area contributed by atoms with Crippen molar-refractivity contribution in [1.29, 1.82) is 0 Å². The molecule has 0 aliphatic heterocycles. The molecule has 0 saturated heterocycles. The summed E-state index contributed by atoms with van der Waals surface area (Å²) in [7, 11) is 1.56. The van der Waals surface area contributed by atoms with Crippen molar-refractivity contribution in [3.63, 3.8) is 0 Å². The van der Waals surface area contributed by atoms with Crippen LogP contribution < -0.4 is 10.6 Å². The van der Waals surface area contributed by atoms with Gasteiger partial charge in [-0.15, -0.1) is 0 Å².